The molecule has 0 unspecified atom stereocenters. The molecule has 1 spiro atoms. The molecule has 2 aliphatic rings. The minimum Gasteiger partial charge on any atom is -0.427 e. The molecule has 4 rings (SSSR count). The van der Waals surface area contributed by atoms with Crippen LogP contribution in [0.4, 0.5) is 31.1 Å². The van der Waals surface area contributed by atoms with E-state index in [1.165, 1.54) is 11.8 Å². The summed E-state index contributed by atoms with van der Waals surface area (Å²) in [6.07, 6.45) is -11.2. The summed E-state index contributed by atoms with van der Waals surface area (Å²) in [6, 6.07) is 8.79. The van der Waals surface area contributed by atoms with Gasteiger partial charge in [0.1, 0.15) is 6.04 Å². The number of carbonyl (C=O) groups excluding carboxylic acids is 3. The highest BCUT2D eigenvalue weighted by Crippen LogP contribution is 2.45. The molecule has 0 bridgehead atoms. The summed E-state index contributed by atoms with van der Waals surface area (Å²) in [7, 11) is 0. The van der Waals surface area contributed by atoms with Crippen molar-refractivity contribution in [1.82, 2.24) is 10.2 Å². The normalized spacial score (nSPS) is 23.0. The number of esters is 1. The molecule has 2 heterocycles. The van der Waals surface area contributed by atoms with Gasteiger partial charge < -0.3 is 25.3 Å². The summed E-state index contributed by atoms with van der Waals surface area (Å²) < 4.78 is 97.9. The van der Waals surface area contributed by atoms with Crippen molar-refractivity contribution in [3.63, 3.8) is 0 Å². The number of halogens is 6. The lowest BCUT2D eigenvalue weighted by Gasteiger charge is -2.52. The number of nitrogens with one attached hydrogen (secondary N) is 1. The first-order chi connectivity index (χ1) is 21.9. The number of nitrogens with zero attached hydrogens (tertiary/aromatic N) is 1. The van der Waals surface area contributed by atoms with Gasteiger partial charge in [-0.2, -0.15) is 26.3 Å². The first-order valence-corrected chi connectivity index (χ1v) is 15.0. The Morgan fingerprint density at radius 2 is 1.55 bits per heavy atom. The molecule has 15 heteroatoms. The summed E-state index contributed by atoms with van der Waals surface area (Å²) in [5.74, 6) is -1.26. The first kappa shape index (κ1) is 36.0. The zero-order valence-corrected chi connectivity index (χ0v) is 26.0. The van der Waals surface area contributed by atoms with Crippen LogP contribution in [0.2, 0.25) is 0 Å². The van der Waals surface area contributed by atoms with Crippen molar-refractivity contribution >= 4 is 18.0 Å². The molecule has 47 heavy (non-hydrogen) atoms. The maximum absolute atomic E-state index is 13.8. The smallest absolute Gasteiger partial charge is 0.416 e. The number of hydrogen-bond donors (Lipinski definition) is 2. The third kappa shape index (κ3) is 8.18. The second kappa shape index (κ2) is 13.7. The minimum atomic E-state index is -5.05. The van der Waals surface area contributed by atoms with Gasteiger partial charge in [-0.15, -0.1) is 0 Å². The molecule has 0 aromatic heterocycles. The predicted octanol–water partition coefficient (Wildman–Crippen LogP) is 6.06. The molecule has 0 saturated carbocycles. The van der Waals surface area contributed by atoms with Crippen molar-refractivity contribution < 1.29 is 54.9 Å². The monoisotopic (exact) mass is 673 g/mol. The third-order valence-corrected chi connectivity index (χ3v) is 8.79. The number of hydrogen-bond acceptors (Lipinski definition) is 7. The van der Waals surface area contributed by atoms with Gasteiger partial charge in [0, 0.05) is 13.0 Å². The van der Waals surface area contributed by atoms with Gasteiger partial charge in [0.2, 0.25) is 12.7 Å². The highest BCUT2D eigenvalue weighted by molar-refractivity contribution is 5.80. The van der Waals surface area contributed by atoms with E-state index in [-0.39, 0.29) is 49.4 Å². The van der Waals surface area contributed by atoms with Gasteiger partial charge in [-0.3, -0.25) is 14.5 Å². The molecule has 9 nitrogen and oxygen atoms in total. The van der Waals surface area contributed by atoms with Crippen LogP contribution in [-0.4, -0.2) is 54.4 Å². The fourth-order valence-electron chi connectivity index (χ4n) is 5.87. The second-order valence-corrected chi connectivity index (χ2v) is 12.4. The number of likely N-dealkylation sites (tertiary alicyclic amines) is 1. The van der Waals surface area contributed by atoms with Crippen LogP contribution >= 0.6 is 0 Å². The van der Waals surface area contributed by atoms with Crippen molar-refractivity contribution in [2.24, 2.45) is 11.7 Å². The van der Waals surface area contributed by atoms with E-state index in [1.807, 2.05) is 0 Å². The summed E-state index contributed by atoms with van der Waals surface area (Å²) >= 11 is 0. The number of nitrogens with two attached hydrogens (primary N) is 1. The van der Waals surface area contributed by atoms with Crippen LogP contribution in [0.5, 0.6) is 0 Å². The first-order valence-electron chi connectivity index (χ1n) is 15.0. The fourth-order valence-corrected chi connectivity index (χ4v) is 5.87. The molecule has 3 N–H and O–H groups in total. The highest BCUT2D eigenvalue weighted by Gasteiger charge is 2.54. The van der Waals surface area contributed by atoms with Crippen LogP contribution < -0.4 is 11.1 Å². The van der Waals surface area contributed by atoms with E-state index in [9.17, 15) is 40.7 Å². The summed E-state index contributed by atoms with van der Waals surface area (Å²) in [4.78, 5) is 39.6. The van der Waals surface area contributed by atoms with E-state index < -0.39 is 65.6 Å². The van der Waals surface area contributed by atoms with Gasteiger partial charge in [-0.25, -0.2) is 4.79 Å². The Morgan fingerprint density at radius 1 is 0.936 bits per heavy atom. The standard InChI is InChI=1S/C32H37F6N3O6/c1-19(2)26(39)27(43)46-18-47-28(44)41-16-29(10-9-25(42)40-29)11-12-30(41,22-7-5-4-6-8-22)17-45-20(3)21-13-23(31(33,34)35)15-24(14-21)32(36,37)38/h4-8,13-15,19-20,26H,9-12,16-18,39H2,1-3H3,(H,40,42)/t20-,26-,29-,30-/m1/s1. The number of amides is 2. The van der Waals surface area contributed by atoms with Crippen molar-refractivity contribution in [2.75, 3.05) is 19.9 Å². The van der Waals surface area contributed by atoms with Crippen molar-refractivity contribution in [3.8, 4) is 0 Å². The van der Waals surface area contributed by atoms with Gasteiger partial charge >= 0.3 is 24.4 Å². The lowest BCUT2D eigenvalue weighted by molar-refractivity contribution is -0.156. The van der Waals surface area contributed by atoms with E-state index in [0.717, 1.165) is 0 Å². The number of ether oxygens (including phenoxy) is 3. The Balaban J connectivity index is 1.68. The Bertz CT molecular complexity index is 1420. The SMILES string of the molecule is CC(C)[C@@H](N)C(=O)OCOC(=O)N1C[C@@]2(CCC(=O)N2)CC[C@@]1(CO[C@H](C)c1cc(C(F)(F)F)cc(C(F)(F)F)c1)c1ccccc1. The zero-order valence-electron chi connectivity index (χ0n) is 26.0. The maximum Gasteiger partial charge on any atom is 0.416 e. The number of alkyl halides is 6. The fraction of sp³-hybridized carbons (Fsp3) is 0.531. The Kier molecular flexibility index (Phi) is 10.5. The Labute approximate surface area is 267 Å². The summed E-state index contributed by atoms with van der Waals surface area (Å²) in [6.45, 7) is 3.52. The maximum atomic E-state index is 13.8. The molecule has 2 aromatic rings. The van der Waals surface area contributed by atoms with Crippen LogP contribution in [0.3, 0.4) is 0 Å². The van der Waals surface area contributed by atoms with Crippen LogP contribution in [0, 0.1) is 5.92 Å². The van der Waals surface area contributed by atoms with Gasteiger partial charge in [0.15, 0.2) is 0 Å². The van der Waals surface area contributed by atoms with Crippen LogP contribution in [-0.2, 0) is 41.7 Å². The third-order valence-electron chi connectivity index (χ3n) is 8.79. The molecule has 2 aromatic carbocycles. The quantitative estimate of drug-likeness (QED) is 0.189. The predicted molar refractivity (Wildman–Crippen MR) is 155 cm³/mol. The topological polar surface area (TPSA) is 120 Å². The van der Waals surface area contributed by atoms with E-state index in [2.05, 4.69) is 5.32 Å². The average Bonchev–Trinajstić information content (AvgIpc) is 3.38. The Hall–Kier alpha value is -3.85. The molecule has 258 valence electrons. The molecular weight excluding hydrogens is 636 g/mol. The molecule has 4 atom stereocenters. The molecule has 2 fully saturated rings. The second-order valence-electron chi connectivity index (χ2n) is 12.4. The van der Waals surface area contributed by atoms with E-state index in [4.69, 9.17) is 19.9 Å². The van der Waals surface area contributed by atoms with Crippen molar-refractivity contribution in [1.29, 1.82) is 0 Å². The Morgan fingerprint density at radius 3 is 2.09 bits per heavy atom. The molecule has 2 aliphatic heterocycles. The highest BCUT2D eigenvalue weighted by atomic mass is 19.4. The van der Waals surface area contributed by atoms with Gasteiger partial charge in [-0.05, 0) is 61.4 Å². The van der Waals surface area contributed by atoms with E-state index in [0.29, 0.717) is 30.5 Å². The lowest BCUT2D eigenvalue weighted by atomic mass is 9.74. The van der Waals surface area contributed by atoms with Crippen LogP contribution in [0.25, 0.3) is 0 Å². The number of piperidine rings is 1. The minimum absolute atomic E-state index is 0.0384. The lowest BCUT2D eigenvalue weighted by Crippen LogP contribution is -2.65. The molecular formula is C32H37F6N3O6. The molecule has 2 saturated heterocycles. The zero-order chi connectivity index (χ0) is 34.8. The largest absolute Gasteiger partial charge is 0.427 e. The van der Waals surface area contributed by atoms with Crippen molar-refractivity contribution in [2.45, 2.75) is 82.0 Å². The number of carbonyl (C=O) groups is 3. The molecule has 0 radical (unpaired) electrons. The average molecular weight is 674 g/mol. The molecule has 0 aliphatic carbocycles. The number of rotatable bonds is 9. The number of benzene rings is 2. The summed E-state index contributed by atoms with van der Waals surface area (Å²) in [5.41, 5.74) is 0.848. The summed E-state index contributed by atoms with van der Waals surface area (Å²) in [5, 5.41) is 2.93. The molecule has 2 amide bonds. The van der Waals surface area contributed by atoms with E-state index >= 15 is 0 Å². The van der Waals surface area contributed by atoms with E-state index in [1.54, 1.807) is 44.2 Å². The van der Waals surface area contributed by atoms with Crippen LogP contribution in [0.1, 0.15) is 74.8 Å². The van der Waals surface area contributed by atoms with Crippen molar-refractivity contribution in [3.05, 3.63) is 70.8 Å². The van der Waals surface area contributed by atoms with Gasteiger partial charge in [0.05, 0.1) is 34.9 Å². The van der Waals surface area contributed by atoms with Crippen LogP contribution in [0.15, 0.2) is 48.5 Å². The van der Waals surface area contributed by atoms with Gasteiger partial charge in [0.25, 0.3) is 0 Å². The van der Waals surface area contributed by atoms with Gasteiger partial charge in [-0.1, -0.05) is 44.2 Å².